The van der Waals surface area contributed by atoms with E-state index in [-0.39, 0.29) is 10.7 Å². The average molecular weight is 522 g/mol. The first-order valence-electron chi connectivity index (χ1n) is 11.4. The lowest BCUT2D eigenvalue weighted by Crippen LogP contribution is -2.30. The average Bonchev–Trinajstić information content (AvgIpc) is 3.27. The van der Waals surface area contributed by atoms with Gasteiger partial charge >= 0.3 is 0 Å². The lowest BCUT2D eigenvalue weighted by molar-refractivity contribution is 0.446. The third-order valence-electron chi connectivity index (χ3n) is 6.33. The van der Waals surface area contributed by atoms with E-state index in [0.29, 0.717) is 28.3 Å². The Hall–Kier alpha value is -3.48. The van der Waals surface area contributed by atoms with Crippen LogP contribution >= 0.6 is 11.6 Å². The van der Waals surface area contributed by atoms with Gasteiger partial charge in [0.1, 0.15) is 11.6 Å². The van der Waals surface area contributed by atoms with Gasteiger partial charge in [0.25, 0.3) is 10.0 Å². The molecule has 0 saturated heterocycles. The minimum absolute atomic E-state index is 0.145. The van der Waals surface area contributed by atoms with Crippen LogP contribution in [0.15, 0.2) is 102 Å². The van der Waals surface area contributed by atoms with E-state index in [1.807, 2.05) is 6.92 Å². The van der Waals surface area contributed by atoms with Crippen molar-refractivity contribution < 1.29 is 17.2 Å². The Morgan fingerprint density at radius 2 is 1.28 bits per heavy atom. The molecule has 0 N–H and O–H groups in total. The molecule has 0 aliphatic carbocycles. The van der Waals surface area contributed by atoms with E-state index < -0.39 is 21.9 Å². The maximum absolute atomic E-state index is 14.2. The Morgan fingerprint density at radius 1 is 0.750 bits per heavy atom. The van der Waals surface area contributed by atoms with Gasteiger partial charge in [-0.1, -0.05) is 53.6 Å². The van der Waals surface area contributed by atoms with E-state index >= 15 is 0 Å². The van der Waals surface area contributed by atoms with Crippen molar-refractivity contribution in [3.05, 3.63) is 136 Å². The molecule has 4 aromatic rings. The normalized spacial score (nSPS) is 16.0. The molecule has 0 bridgehead atoms. The third kappa shape index (κ3) is 4.54. The van der Waals surface area contributed by atoms with E-state index in [1.165, 1.54) is 28.6 Å². The molecule has 0 radical (unpaired) electrons. The number of sulfonamides is 1. The fourth-order valence-electron chi connectivity index (χ4n) is 4.53. The van der Waals surface area contributed by atoms with Crippen LogP contribution in [0.4, 0.5) is 8.78 Å². The van der Waals surface area contributed by atoms with Crippen molar-refractivity contribution >= 4 is 32.9 Å². The monoisotopic (exact) mass is 521 g/mol. The lowest BCUT2D eigenvalue weighted by atomic mass is 9.96. The van der Waals surface area contributed by atoms with Crippen LogP contribution in [0.3, 0.4) is 0 Å². The minimum atomic E-state index is -4.04. The van der Waals surface area contributed by atoms with Gasteiger partial charge in [0.15, 0.2) is 0 Å². The Balaban J connectivity index is 1.78. The molecule has 4 aromatic carbocycles. The van der Waals surface area contributed by atoms with Crippen LogP contribution in [-0.2, 0) is 10.0 Å². The molecule has 3 nitrogen and oxygen atoms in total. The van der Waals surface area contributed by atoms with E-state index in [1.54, 1.807) is 72.8 Å². The number of halogens is 3. The first kappa shape index (κ1) is 24.2. The SMILES string of the molecule is Cc1ccc(S(=O)(=O)N2C(c3ccc(F)cc3)=C(c3ccc(F)cc3)C[C@@H]2c2ccc(Cl)cc2)cc1. The fraction of sp³-hybridized carbons (Fsp3) is 0.103. The summed E-state index contributed by atoms with van der Waals surface area (Å²) in [6, 6.07) is 24.8. The standard InChI is InChI=1S/C29H22ClF2NO2S/c1-19-2-16-26(17-3-19)36(34,35)33-28(21-4-10-23(30)11-5-21)18-27(20-6-12-24(31)13-7-20)29(33)22-8-14-25(32)15-9-22/h2-17,28H,18H2,1H3/t28-/m1/s1. The lowest BCUT2D eigenvalue weighted by Gasteiger charge is -2.30. The van der Waals surface area contributed by atoms with Gasteiger partial charge in [0.05, 0.1) is 16.6 Å². The maximum Gasteiger partial charge on any atom is 0.264 e. The first-order valence-corrected chi connectivity index (χ1v) is 13.2. The Bertz CT molecular complexity index is 1530. The highest BCUT2D eigenvalue weighted by Crippen LogP contribution is 2.50. The summed E-state index contributed by atoms with van der Waals surface area (Å²) in [5.41, 5.74) is 4.08. The van der Waals surface area contributed by atoms with Gasteiger partial charge in [-0.15, -0.1) is 0 Å². The second kappa shape index (κ2) is 9.52. The van der Waals surface area contributed by atoms with Crippen molar-refractivity contribution in [2.45, 2.75) is 24.3 Å². The minimum Gasteiger partial charge on any atom is -0.258 e. The summed E-state index contributed by atoms with van der Waals surface area (Å²) in [6.45, 7) is 1.89. The van der Waals surface area contributed by atoms with Gasteiger partial charge in [-0.05, 0) is 89.9 Å². The smallest absolute Gasteiger partial charge is 0.258 e. The number of rotatable bonds is 5. The summed E-state index contributed by atoms with van der Waals surface area (Å²) in [4.78, 5) is 0.145. The molecular weight excluding hydrogens is 500 g/mol. The molecule has 0 spiro atoms. The quantitative estimate of drug-likeness (QED) is 0.271. The van der Waals surface area contributed by atoms with E-state index in [9.17, 15) is 17.2 Å². The summed E-state index contributed by atoms with van der Waals surface area (Å²) in [6.07, 6.45) is 0.338. The van der Waals surface area contributed by atoms with Crippen LogP contribution in [0.5, 0.6) is 0 Å². The predicted octanol–water partition coefficient (Wildman–Crippen LogP) is 7.63. The number of aryl methyl sites for hydroxylation is 1. The highest BCUT2D eigenvalue weighted by molar-refractivity contribution is 7.89. The molecule has 7 heteroatoms. The molecule has 1 heterocycles. The van der Waals surface area contributed by atoms with Gasteiger partial charge in [-0.3, -0.25) is 4.31 Å². The number of hydrogen-bond acceptors (Lipinski definition) is 2. The van der Waals surface area contributed by atoms with Gasteiger partial charge in [0, 0.05) is 11.4 Å². The van der Waals surface area contributed by atoms with Gasteiger partial charge < -0.3 is 0 Å². The zero-order chi connectivity index (χ0) is 25.4. The molecule has 0 fully saturated rings. The van der Waals surface area contributed by atoms with Crippen molar-refractivity contribution in [1.82, 2.24) is 4.31 Å². The van der Waals surface area contributed by atoms with Crippen LogP contribution < -0.4 is 0 Å². The summed E-state index contributed by atoms with van der Waals surface area (Å²) in [5, 5.41) is 0.537. The van der Waals surface area contributed by atoms with E-state index in [2.05, 4.69) is 0 Å². The molecule has 1 aliphatic rings. The second-order valence-corrected chi connectivity index (χ2v) is 11.0. The third-order valence-corrected chi connectivity index (χ3v) is 8.40. The van der Waals surface area contributed by atoms with Crippen molar-refractivity contribution in [1.29, 1.82) is 0 Å². The molecule has 1 atom stereocenters. The van der Waals surface area contributed by atoms with Gasteiger partial charge in [0.2, 0.25) is 0 Å². The molecule has 0 saturated carbocycles. The number of benzene rings is 4. The highest BCUT2D eigenvalue weighted by Gasteiger charge is 2.42. The molecular formula is C29H22ClF2NO2S. The van der Waals surface area contributed by atoms with E-state index in [0.717, 1.165) is 16.7 Å². The van der Waals surface area contributed by atoms with Crippen LogP contribution in [-0.4, -0.2) is 12.7 Å². The molecule has 0 amide bonds. The van der Waals surface area contributed by atoms with Crippen molar-refractivity contribution in [2.75, 3.05) is 0 Å². The van der Waals surface area contributed by atoms with Crippen molar-refractivity contribution in [2.24, 2.45) is 0 Å². The Labute approximate surface area is 214 Å². The van der Waals surface area contributed by atoms with Crippen molar-refractivity contribution in [3.63, 3.8) is 0 Å². The molecule has 1 aliphatic heterocycles. The van der Waals surface area contributed by atoms with Crippen LogP contribution in [0.25, 0.3) is 11.3 Å². The van der Waals surface area contributed by atoms with Gasteiger partial charge in [-0.25, -0.2) is 17.2 Å². The number of nitrogens with zero attached hydrogens (tertiary/aromatic N) is 1. The maximum atomic E-state index is 14.2. The van der Waals surface area contributed by atoms with Crippen LogP contribution in [0.1, 0.15) is 34.7 Å². The zero-order valence-electron chi connectivity index (χ0n) is 19.3. The predicted molar refractivity (Wildman–Crippen MR) is 139 cm³/mol. The fourth-order valence-corrected chi connectivity index (χ4v) is 6.35. The molecule has 182 valence electrons. The molecule has 0 unspecified atom stereocenters. The summed E-state index contributed by atoms with van der Waals surface area (Å²) < 4.78 is 57.4. The Morgan fingerprint density at radius 3 is 1.83 bits per heavy atom. The number of hydrogen-bond donors (Lipinski definition) is 0. The molecule has 0 aromatic heterocycles. The summed E-state index contributed by atoms with van der Waals surface area (Å²) in [7, 11) is -4.04. The van der Waals surface area contributed by atoms with Crippen LogP contribution in [0.2, 0.25) is 5.02 Å². The topological polar surface area (TPSA) is 37.4 Å². The molecule has 5 rings (SSSR count). The van der Waals surface area contributed by atoms with E-state index in [4.69, 9.17) is 11.6 Å². The Kier molecular flexibility index (Phi) is 6.41. The highest BCUT2D eigenvalue weighted by atomic mass is 35.5. The summed E-state index contributed by atoms with van der Waals surface area (Å²) >= 11 is 6.12. The van der Waals surface area contributed by atoms with Crippen molar-refractivity contribution in [3.8, 4) is 0 Å². The zero-order valence-corrected chi connectivity index (χ0v) is 20.9. The largest absolute Gasteiger partial charge is 0.264 e. The van der Waals surface area contributed by atoms with Crippen LogP contribution in [0, 0.1) is 18.6 Å². The summed E-state index contributed by atoms with van der Waals surface area (Å²) in [5.74, 6) is -0.818. The molecule has 36 heavy (non-hydrogen) atoms. The second-order valence-electron chi connectivity index (χ2n) is 8.73. The van der Waals surface area contributed by atoms with Gasteiger partial charge in [-0.2, -0.15) is 0 Å². The first-order chi connectivity index (χ1) is 17.2.